The number of urea groups is 1. The molecule has 2 unspecified atom stereocenters. The van der Waals surface area contributed by atoms with E-state index in [9.17, 15) is 9.18 Å². The van der Waals surface area contributed by atoms with Gasteiger partial charge in [-0.15, -0.1) is 0 Å². The molecule has 0 bridgehead atoms. The fourth-order valence-corrected chi connectivity index (χ4v) is 3.74. The van der Waals surface area contributed by atoms with Gasteiger partial charge in [-0.25, -0.2) is 9.18 Å². The summed E-state index contributed by atoms with van der Waals surface area (Å²) in [5, 5.41) is 3.40. The lowest BCUT2D eigenvalue weighted by atomic mass is 10.1. The number of ether oxygens (including phenoxy) is 2. The van der Waals surface area contributed by atoms with Crippen molar-refractivity contribution in [1.82, 2.24) is 10.2 Å². The molecule has 1 saturated heterocycles. The SMILES string of the molecule is CC1CN(c2ccc(CNC(=O)N(C)CCOc3cccc(Cl)c3)cc2F)CC(C)O1. The molecule has 0 aliphatic carbocycles. The van der Waals surface area contributed by atoms with Crippen LogP contribution in [0.3, 0.4) is 0 Å². The normalized spacial score (nSPS) is 18.5. The number of carbonyl (C=O) groups is 1. The molecule has 0 radical (unpaired) electrons. The zero-order chi connectivity index (χ0) is 22.4. The van der Waals surface area contributed by atoms with E-state index in [2.05, 4.69) is 5.32 Å². The summed E-state index contributed by atoms with van der Waals surface area (Å²) in [6.45, 7) is 6.26. The van der Waals surface area contributed by atoms with E-state index in [1.54, 1.807) is 31.3 Å². The number of amides is 2. The van der Waals surface area contributed by atoms with Crippen molar-refractivity contribution < 1.29 is 18.7 Å². The van der Waals surface area contributed by atoms with Crippen LogP contribution in [0.5, 0.6) is 5.75 Å². The van der Waals surface area contributed by atoms with Crippen molar-refractivity contribution >= 4 is 23.3 Å². The maximum absolute atomic E-state index is 14.7. The van der Waals surface area contributed by atoms with Gasteiger partial charge in [0.25, 0.3) is 0 Å². The summed E-state index contributed by atoms with van der Waals surface area (Å²) in [6, 6.07) is 11.9. The molecule has 1 fully saturated rings. The summed E-state index contributed by atoms with van der Waals surface area (Å²) in [5.74, 6) is 0.359. The first-order chi connectivity index (χ1) is 14.8. The van der Waals surface area contributed by atoms with Crippen LogP contribution in [0.25, 0.3) is 0 Å². The first kappa shape index (κ1) is 23.2. The molecular weight excluding hydrogens is 421 g/mol. The van der Waals surface area contributed by atoms with Gasteiger partial charge in [0, 0.05) is 31.7 Å². The lowest BCUT2D eigenvalue weighted by Crippen LogP contribution is -2.45. The predicted molar refractivity (Wildman–Crippen MR) is 120 cm³/mol. The monoisotopic (exact) mass is 449 g/mol. The molecule has 1 N–H and O–H groups in total. The number of hydrogen-bond donors (Lipinski definition) is 1. The summed E-state index contributed by atoms with van der Waals surface area (Å²) in [4.78, 5) is 15.8. The molecule has 6 nitrogen and oxygen atoms in total. The number of nitrogens with one attached hydrogen (secondary N) is 1. The first-order valence-corrected chi connectivity index (χ1v) is 10.8. The topological polar surface area (TPSA) is 54.0 Å². The number of halogens is 2. The Morgan fingerprint density at radius 3 is 2.68 bits per heavy atom. The highest BCUT2D eigenvalue weighted by molar-refractivity contribution is 6.30. The van der Waals surface area contributed by atoms with Gasteiger partial charge in [-0.05, 0) is 49.7 Å². The zero-order valence-corrected chi connectivity index (χ0v) is 18.9. The van der Waals surface area contributed by atoms with Crippen LogP contribution in [0.1, 0.15) is 19.4 Å². The van der Waals surface area contributed by atoms with E-state index in [0.717, 1.165) is 0 Å². The van der Waals surface area contributed by atoms with E-state index < -0.39 is 0 Å². The Morgan fingerprint density at radius 2 is 2.00 bits per heavy atom. The fourth-order valence-electron chi connectivity index (χ4n) is 3.56. The third kappa shape index (κ3) is 6.74. The van der Waals surface area contributed by atoms with Crippen LogP contribution in [0.4, 0.5) is 14.9 Å². The van der Waals surface area contributed by atoms with Crippen LogP contribution in [0.15, 0.2) is 42.5 Å². The minimum absolute atomic E-state index is 0.0560. The number of rotatable bonds is 7. The van der Waals surface area contributed by atoms with Gasteiger partial charge >= 0.3 is 6.03 Å². The number of anilines is 1. The second kappa shape index (κ2) is 10.7. The number of carbonyl (C=O) groups excluding carboxylic acids is 1. The first-order valence-electron chi connectivity index (χ1n) is 10.4. The molecule has 31 heavy (non-hydrogen) atoms. The highest BCUT2D eigenvalue weighted by Crippen LogP contribution is 2.24. The molecule has 0 spiro atoms. The Hall–Kier alpha value is -2.51. The molecule has 0 aromatic heterocycles. The number of nitrogens with zero attached hydrogens (tertiary/aromatic N) is 2. The molecule has 0 saturated carbocycles. The van der Waals surface area contributed by atoms with Gasteiger partial charge < -0.3 is 24.6 Å². The van der Waals surface area contributed by atoms with Gasteiger partial charge in [0.1, 0.15) is 18.2 Å². The molecule has 8 heteroatoms. The zero-order valence-electron chi connectivity index (χ0n) is 18.1. The molecule has 1 aliphatic rings. The van der Waals surface area contributed by atoms with Gasteiger partial charge in [0.2, 0.25) is 0 Å². The molecule has 2 aromatic carbocycles. The minimum atomic E-state index is -0.295. The Labute approximate surface area is 187 Å². The molecule has 3 rings (SSSR count). The standard InChI is InChI=1S/C23H29ClFN3O3/c1-16-14-28(15-17(2)31-16)22-8-7-18(11-21(22)25)13-26-23(29)27(3)9-10-30-20-6-4-5-19(24)12-20/h4-8,11-12,16-17H,9-10,13-15H2,1-3H3,(H,26,29). The van der Waals surface area contributed by atoms with Gasteiger partial charge in [0.05, 0.1) is 24.4 Å². The van der Waals surface area contributed by atoms with Crippen molar-refractivity contribution in [3.05, 3.63) is 58.9 Å². The number of likely N-dealkylation sites (N-methyl/N-ethyl adjacent to an activating group) is 1. The van der Waals surface area contributed by atoms with Crippen LogP contribution in [-0.2, 0) is 11.3 Å². The second-order valence-electron chi connectivity index (χ2n) is 7.83. The number of benzene rings is 2. The van der Waals surface area contributed by atoms with E-state index in [1.165, 1.54) is 11.0 Å². The summed E-state index contributed by atoms with van der Waals surface area (Å²) in [7, 11) is 1.68. The van der Waals surface area contributed by atoms with Crippen molar-refractivity contribution in [2.75, 3.05) is 38.2 Å². The Morgan fingerprint density at radius 1 is 1.26 bits per heavy atom. The van der Waals surface area contributed by atoms with E-state index in [0.29, 0.717) is 48.3 Å². The smallest absolute Gasteiger partial charge is 0.317 e. The van der Waals surface area contributed by atoms with Crippen molar-refractivity contribution in [3.63, 3.8) is 0 Å². The predicted octanol–water partition coefficient (Wildman–Crippen LogP) is 4.31. The largest absolute Gasteiger partial charge is 0.492 e. The van der Waals surface area contributed by atoms with E-state index in [-0.39, 0.29) is 30.6 Å². The summed E-state index contributed by atoms with van der Waals surface area (Å²) < 4.78 is 26.0. The van der Waals surface area contributed by atoms with Crippen LogP contribution >= 0.6 is 11.6 Å². The molecule has 2 atom stereocenters. The molecule has 1 heterocycles. The quantitative estimate of drug-likeness (QED) is 0.684. The summed E-state index contributed by atoms with van der Waals surface area (Å²) in [5.41, 5.74) is 1.26. The lowest BCUT2D eigenvalue weighted by Gasteiger charge is -2.37. The van der Waals surface area contributed by atoms with Crippen molar-refractivity contribution in [2.24, 2.45) is 0 Å². The second-order valence-corrected chi connectivity index (χ2v) is 8.27. The minimum Gasteiger partial charge on any atom is -0.492 e. The van der Waals surface area contributed by atoms with Crippen LogP contribution in [0, 0.1) is 5.82 Å². The maximum atomic E-state index is 14.7. The fraction of sp³-hybridized carbons (Fsp3) is 0.435. The van der Waals surface area contributed by atoms with Crippen molar-refractivity contribution in [3.8, 4) is 5.75 Å². The third-order valence-electron chi connectivity index (χ3n) is 5.05. The van der Waals surface area contributed by atoms with E-state index >= 15 is 0 Å². The number of hydrogen-bond acceptors (Lipinski definition) is 4. The Bertz CT molecular complexity index is 888. The average molecular weight is 450 g/mol. The van der Waals surface area contributed by atoms with E-state index in [4.69, 9.17) is 21.1 Å². The Balaban J connectivity index is 1.46. The maximum Gasteiger partial charge on any atom is 0.317 e. The molecule has 1 aliphatic heterocycles. The van der Waals surface area contributed by atoms with E-state index in [1.807, 2.05) is 30.9 Å². The van der Waals surface area contributed by atoms with Crippen LogP contribution in [-0.4, -0.2) is 56.4 Å². The van der Waals surface area contributed by atoms with Gasteiger partial charge in [-0.3, -0.25) is 0 Å². The molecule has 2 amide bonds. The number of morpholine rings is 1. The molecular formula is C23H29ClFN3O3. The van der Waals surface area contributed by atoms with Crippen molar-refractivity contribution in [1.29, 1.82) is 0 Å². The highest BCUT2D eigenvalue weighted by atomic mass is 35.5. The molecule has 2 aromatic rings. The van der Waals surface area contributed by atoms with Gasteiger partial charge in [-0.1, -0.05) is 23.7 Å². The van der Waals surface area contributed by atoms with Crippen LogP contribution < -0.4 is 15.0 Å². The molecule has 168 valence electrons. The van der Waals surface area contributed by atoms with Gasteiger partial charge in [-0.2, -0.15) is 0 Å². The van der Waals surface area contributed by atoms with Crippen molar-refractivity contribution in [2.45, 2.75) is 32.6 Å². The van der Waals surface area contributed by atoms with Gasteiger partial charge in [0.15, 0.2) is 0 Å². The highest BCUT2D eigenvalue weighted by Gasteiger charge is 2.24. The summed E-state index contributed by atoms with van der Waals surface area (Å²) in [6.07, 6.45) is 0.112. The Kier molecular flexibility index (Phi) is 7.98. The average Bonchev–Trinajstić information content (AvgIpc) is 2.71. The summed E-state index contributed by atoms with van der Waals surface area (Å²) >= 11 is 5.92. The lowest BCUT2D eigenvalue weighted by molar-refractivity contribution is -0.00539. The third-order valence-corrected chi connectivity index (χ3v) is 5.29. The van der Waals surface area contributed by atoms with Crippen LogP contribution in [0.2, 0.25) is 5.02 Å².